The maximum atomic E-state index is 12.5. The van der Waals surface area contributed by atoms with Crippen LogP contribution in [0.15, 0.2) is 54.6 Å². The van der Waals surface area contributed by atoms with E-state index in [9.17, 15) is 4.79 Å². The van der Waals surface area contributed by atoms with Gasteiger partial charge in [-0.3, -0.25) is 0 Å². The normalized spacial score (nSPS) is 22.6. The summed E-state index contributed by atoms with van der Waals surface area (Å²) in [5, 5.41) is 0. The molecule has 4 nitrogen and oxygen atoms in total. The Hall–Kier alpha value is -2.49. The molecule has 2 aromatic carbocycles. The number of amides is 1. The Morgan fingerprint density at radius 3 is 2.48 bits per heavy atom. The molecule has 0 unspecified atom stereocenters. The SMILES string of the molecule is CC(C)Oc1cccc([C@]2(C)CCN(C(=O)Oc3ccccc3)C[C@@H]2C)c1. The number of likely N-dealkylation sites (tertiary alicyclic amines) is 1. The molecule has 27 heavy (non-hydrogen) atoms. The molecule has 2 atom stereocenters. The lowest BCUT2D eigenvalue weighted by molar-refractivity contribution is 0.0968. The topological polar surface area (TPSA) is 38.8 Å². The Labute approximate surface area is 162 Å². The highest BCUT2D eigenvalue weighted by Crippen LogP contribution is 2.40. The molecule has 1 aliphatic rings. The summed E-state index contributed by atoms with van der Waals surface area (Å²) in [6, 6.07) is 17.6. The highest BCUT2D eigenvalue weighted by molar-refractivity contribution is 5.71. The summed E-state index contributed by atoms with van der Waals surface area (Å²) in [5.74, 6) is 1.80. The Balaban J connectivity index is 1.69. The van der Waals surface area contributed by atoms with Crippen LogP contribution >= 0.6 is 0 Å². The molecule has 1 fully saturated rings. The fourth-order valence-corrected chi connectivity index (χ4v) is 3.68. The number of carbonyl (C=O) groups excluding carboxylic acids is 1. The van der Waals surface area contributed by atoms with Crippen molar-refractivity contribution in [2.45, 2.75) is 45.6 Å². The average Bonchev–Trinajstić information content (AvgIpc) is 2.64. The van der Waals surface area contributed by atoms with Gasteiger partial charge >= 0.3 is 6.09 Å². The van der Waals surface area contributed by atoms with Crippen LogP contribution in [0.4, 0.5) is 4.79 Å². The number of hydrogen-bond acceptors (Lipinski definition) is 3. The van der Waals surface area contributed by atoms with Crippen molar-refractivity contribution >= 4 is 6.09 Å². The number of rotatable bonds is 4. The van der Waals surface area contributed by atoms with Gasteiger partial charge in [-0.05, 0) is 61.4 Å². The smallest absolute Gasteiger partial charge is 0.415 e. The fraction of sp³-hybridized carbons (Fsp3) is 0.435. The first-order chi connectivity index (χ1) is 12.9. The summed E-state index contributed by atoms with van der Waals surface area (Å²) in [6.07, 6.45) is 0.774. The number of para-hydroxylation sites is 1. The van der Waals surface area contributed by atoms with Crippen molar-refractivity contribution < 1.29 is 14.3 Å². The zero-order chi connectivity index (χ0) is 19.4. The van der Waals surface area contributed by atoms with Crippen molar-refractivity contribution in [2.75, 3.05) is 13.1 Å². The molecule has 0 bridgehead atoms. The lowest BCUT2D eigenvalue weighted by atomic mass is 9.68. The Kier molecular flexibility index (Phi) is 5.73. The molecular formula is C23H29NO3. The molecule has 0 saturated carbocycles. The first-order valence-corrected chi connectivity index (χ1v) is 9.67. The molecule has 2 aromatic rings. The van der Waals surface area contributed by atoms with E-state index in [0.29, 0.717) is 24.8 Å². The van der Waals surface area contributed by atoms with Crippen LogP contribution < -0.4 is 9.47 Å². The minimum Gasteiger partial charge on any atom is -0.491 e. The van der Waals surface area contributed by atoms with E-state index in [2.05, 4.69) is 32.0 Å². The van der Waals surface area contributed by atoms with Gasteiger partial charge in [0.25, 0.3) is 0 Å². The van der Waals surface area contributed by atoms with Crippen LogP contribution in [0.1, 0.15) is 39.7 Å². The predicted octanol–water partition coefficient (Wildman–Crippen LogP) is 5.27. The zero-order valence-electron chi connectivity index (χ0n) is 16.6. The van der Waals surface area contributed by atoms with E-state index in [1.54, 1.807) is 12.1 Å². The lowest BCUT2D eigenvalue weighted by Gasteiger charge is -2.44. The average molecular weight is 367 g/mol. The number of benzene rings is 2. The van der Waals surface area contributed by atoms with E-state index < -0.39 is 0 Å². The number of piperidine rings is 1. The highest BCUT2D eigenvalue weighted by Gasteiger charge is 2.40. The molecule has 1 heterocycles. The number of hydrogen-bond donors (Lipinski definition) is 0. The quantitative estimate of drug-likeness (QED) is 0.739. The van der Waals surface area contributed by atoms with Crippen LogP contribution in [0, 0.1) is 5.92 Å². The molecule has 1 saturated heterocycles. The van der Waals surface area contributed by atoms with Crippen molar-refractivity contribution in [3.63, 3.8) is 0 Å². The van der Waals surface area contributed by atoms with E-state index in [0.717, 1.165) is 12.2 Å². The van der Waals surface area contributed by atoms with Gasteiger partial charge in [0, 0.05) is 13.1 Å². The first-order valence-electron chi connectivity index (χ1n) is 9.67. The van der Waals surface area contributed by atoms with Crippen molar-refractivity contribution in [1.29, 1.82) is 0 Å². The molecule has 144 valence electrons. The Morgan fingerprint density at radius 2 is 1.81 bits per heavy atom. The summed E-state index contributed by atoms with van der Waals surface area (Å²) in [5.41, 5.74) is 1.27. The van der Waals surface area contributed by atoms with Gasteiger partial charge in [-0.2, -0.15) is 0 Å². The lowest BCUT2D eigenvalue weighted by Crippen LogP contribution is -2.50. The van der Waals surface area contributed by atoms with Gasteiger partial charge in [0.1, 0.15) is 11.5 Å². The van der Waals surface area contributed by atoms with Crippen molar-refractivity contribution in [3.05, 3.63) is 60.2 Å². The highest BCUT2D eigenvalue weighted by atomic mass is 16.6. The van der Waals surface area contributed by atoms with Crippen LogP contribution in [0.25, 0.3) is 0 Å². The second-order valence-electron chi connectivity index (χ2n) is 7.89. The Morgan fingerprint density at radius 1 is 1.11 bits per heavy atom. The minimum atomic E-state index is -0.271. The summed E-state index contributed by atoms with van der Waals surface area (Å²) in [4.78, 5) is 14.3. The van der Waals surface area contributed by atoms with Crippen LogP contribution in [0.2, 0.25) is 0 Å². The van der Waals surface area contributed by atoms with Gasteiger partial charge in [-0.25, -0.2) is 4.79 Å². The molecular weight excluding hydrogens is 338 g/mol. The van der Waals surface area contributed by atoms with Crippen LogP contribution in [-0.4, -0.2) is 30.2 Å². The molecule has 0 spiro atoms. The molecule has 1 amide bonds. The van der Waals surface area contributed by atoms with Crippen molar-refractivity contribution in [1.82, 2.24) is 4.90 Å². The van der Waals surface area contributed by atoms with Crippen LogP contribution in [-0.2, 0) is 5.41 Å². The summed E-state index contributed by atoms with van der Waals surface area (Å²) < 4.78 is 11.4. The third-order valence-corrected chi connectivity index (χ3v) is 5.55. The van der Waals surface area contributed by atoms with Gasteiger partial charge in [-0.1, -0.05) is 44.2 Å². The molecule has 1 aliphatic heterocycles. The fourth-order valence-electron chi connectivity index (χ4n) is 3.68. The minimum absolute atomic E-state index is 0.000123. The third-order valence-electron chi connectivity index (χ3n) is 5.55. The summed E-state index contributed by atoms with van der Waals surface area (Å²) in [7, 11) is 0. The molecule has 0 aromatic heterocycles. The summed E-state index contributed by atoms with van der Waals surface area (Å²) >= 11 is 0. The predicted molar refractivity (Wildman–Crippen MR) is 107 cm³/mol. The Bertz CT molecular complexity index is 774. The molecule has 0 N–H and O–H groups in total. The number of ether oxygens (including phenoxy) is 2. The van der Waals surface area contributed by atoms with E-state index >= 15 is 0 Å². The number of nitrogens with zero attached hydrogens (tertiary/aromatic N) is 1. The van der Waals surface area contributed by atoms with Crippen LogP contribution in [0.3, 0.4) is 0 Å². The zero-order valence-corrected chi connectivity index (χ0v) is 16.6. The largest absolute Gasteiger partial charge is 0.491 e. The van der Waals surface area contributed by atoms with Crippen LogP contribution in [0.5, 0.6) is 11.5 Å². The maximum Gasteiger partial charge on any atom is 0.415 e. The van der Waals surface area contributed by atoms with Gasteiger partial charge in [0.15, 0.2) is 0 Å². The van der Waals surface area contributed by atoms with Gasteiger partial charge < -0.3 is 14.4 Å². The molecule has 3 rings (SSSR count). The van der Waals surface area contributed by atoms with E-state index in [-0.39, 0.29) is 17.6 Å². The number of carbonyl (C=O) groups is 1. The van der Waals surface area contributed by atoms with E-state index in [4.69, 9.17) is 9.47 Å². The third kappa shape index (κ3) is 4.44. The first kappa shape index (κ1) is 19.3. The monoisotopic (exact) mass is 367 g/mol. The van der Waals surface area contributed by atoms with Gasteiger partial charge in [-0.15, -0.1) is 0 Å². The second-order valence-corrected chi connectivity index (χ2v) is 7.89. The van der Waals surface area contributed by atoms with Crippen molar-refractivity contribution in [3.8, 4) is 11.5 Å². The summed E-state index contributed by atoms with van der Waals surface area (Å²) in [6.45, 7) is 9.92. The standard InChI is InChI=1S/C23H29NO3/c1-17(2)26-21-12-8-9-19(15-21)23(4)13-14-24(16-18(23)3)22(25)27-20-10-6-5-7-11-20/h5-12,15,17-18H,13-14,16H2,1-4H3/t18-,23+/m0/s1. The van der Waals surface area contributed by atoms with E-state index in [1.807, 2.05) is 43.0 Å². The second kappa shape index (κ2) is 8.03. The van der Waals surface area contributed by atoms with Gasteiger partial charge in [0.05, 0.1) is 6.10 Å². The van der Waals surface area contributed by atoms with Gasteiger partial charge in [0.2, 0.25) is 0 Å². The van der Waals surface area contributed by atoms with Crippen molar-refractivity contribution in [2.24, 2.45) is 5.92 Å². The molecule has 4 heteroatoms. The van der Waals surface area contributed by atoms with E-state index in [1.165, 1.54) is 5.56 Å². The molecule has 0 aliphatic carbocycles. The molecule has 0 radical (unpaired) electrons. The maximum absolute atomic E-state index is 12.5.